The van der Waals surface area contributed by atoms with Crippen molar-refractivity contribution in [3.8, 4) is 5.82 Å². The van der Waals surface area contributed by atoms with Crippen LogP contribution in [0.2, 0.25) is 0 Å². The van der Waals surface area contributed by atoms with Crippen LogP contribution in [0.25, 0.3) is 5.82 Å². The maximum Gasteiger partial charge on any atom is 0.338 e. The molecule has 0 aliphatic rings. The second-order valence-corrected chi connectivity index (χ2v) is 3.38. The molecule has 1 N–H and O–H groups in total. The summed E-state index contributed by atoms with van der Waals surface area (Å²) in [5, 5.41) is 12.7. The fraction of sp³-hybridized carbons (Fsp3) is 0.200. The van der Waals surface area contributed by atoms with Gasteiger partial charge in [-0.3, -0.25) is 4.98 Å². The summed E-state index contributed by atoms with van der Waals surface area (Å²) < 4.78 is 1.39. The lowest BCUT2D eigenvalue weighted by atomic mass is 10.3. The Labute approximate surface area is 91.6 Å². The molecule has 0 aliphatic carbocycles. The molecule has 2 aromatic rings. The second-order valence-electron chi connectivity index (χ2n) is 3.38. The molecule has 0 saturated heterocycles. The standard InChI is InChI=1S/C10H10N4O2/c1-6-7(2)13-9(4-11-6)14-5-8(3-12-14)10(15)16/h3-5H,1-2H3,(H,15,16). The number of aryl methyl sites for hydroxylation is 2. The van der Waals surface area contributed by atoms with Crippen LogP contribution in [-0.2, 0) is 0 Å². The molecular formula is C10H10N4O2. The number of hydrogen-bond donors (Lipinski definition) is 1. The van der Waals surface area contributed by atoms with Crippen LogP contribution in [-0.4, -0.2) is 30.8 Å². The summed E-state index contributed by atoms with van der Waals surface area (Å²) in [6.45, 7) is 3.70. The van der Waals surface area contributed by atoms with Crippen LogP contribution >= 0.6 is 0 Å². The molecule has 6 nitrogen and oxygen atoms in total. The number of nitrogens with zero attached hydrogens (tertiary/aromatic N) is 4. The zero-order chi connectivity index (χ0) is 11.7. The lowest BCUT2D eigenvalue weighted by molar-refractivity contribution is 0.0697. The van der Waals surface area contributed by atoms with E-state index in [1.165, 1.54) is 17.1 Å². The first kappa shape index (κ1) is 10.3. The van der Waals surface area contributed by atoms with Crippen LogP contribution in [0.1, 0.15) is 21.7 Å². The van der Waals surface area contributed by atoms with Gasteiger partial charge < -0.3 is 5.11 Å². The number of hydrogen-bond acceptors (Lipinski definition) is 4. The highest BCUT2D eigenvalue weighted by molar-refractivity contribution is 5.86. The normalized spacial score (nSPS) is 10.4. The summed E-state index contributed by atoms with van der Waals surface area (Å²) in [6, 6.07) is 0. The van der Waals surface area contributed by atoms with Crippen molar-refractivity contribution < 1.29 is 9.90 Å². The van der Waals surface area contributed by atoms with Gasteiger partial charge in [0.05, 0.1) is 29.3 Å². The Morgan fingerprint density at radius 3 is 2.62 bits per heavy atom. The fourth-order valence-corrected chi connectivity index (χ4v) is 1.20. The maximum atomic E-state index is 10.7. The largest absolute Gasteiger partial charge is 0.478 e. The minimum atomic E-state index is -1.01. The van der Waals surface area contributed by atoms with Gasteiger partial charge >= 0.3 is 5.97 Å². The van der Waals surface area contributed by atoms with Crippen molar-refractivity contribution in [2.45, 2.75) is 13.8 Å². The minimum Gasteiger partial charge on any atom is -0.478 e. The Balaban J connectivity index is 2.42. The number of carboxylic acids is 1. The lowest BCUT2D eigenvalue weighted by Crippen LogP contribution is -2.02. The van der Waals surface area contributed by atoms with Crippen molar-refractivity contribution in [1.82, 2.24) is 19.7 Å². The van der Waals surface area contributed by atoms with E-state index in [1.54, 1.807) is 6.20 Å². The van der Waals surface area contributed by atoms with Gasteiger partial charge in [-0.25, -0.2) is 14.5 Å². The van der Waals surface area contributed by atoms with Gasteiger partial charge in [-0.2, -0.15) is 5.10 Å². The molecule has 0 bridgehead atoms. The average Bonchev–Trinajstić information content (AvgIpc) is 2.71. The second kappa shape index (κ2) is 3.73. The summed E-state index contributed by atoms with van der Waals surface area (Å²) in [5.74, 6) is -0.501. The van der Waals surface area contributed by atoms with E-state index in [2.05, 4.69) is 15.1 Å². The van der Waals surface area contributed by atoms with E-state index in [9.17, 15) is 4.79 Å². The van der Waals surface area contributed by atoms with Crippen molar-refractivity contribution in [3.05, 3.63) is 35.5 Å². The van der Waals surface area contributed by atoms with Crippen molar-refractivity contribution in [2.75, 3.05) is 0 Å². The molecule has 0 aliphatic heterocycles. The first-order valence-electron chi connectivity index (χ1n) is 4.66. The Bertz CT molecular complexity index is 548. The molecule has 82 valence electrons. The molecule has 0 fully saturated rings. The number of aromatic nitrogens is 4. The van der Waals surface area contributed by atoms with Gasteiger partial charge in [0.15, 0.2) is 5.82 Å². The molecule has 0 aromatic carbocycles. The van der Waals surface area contributed by atoms with E-state index in [0.717, 1.165) is 11.4 Å². The van der Waals surface area contributed by atoms with Gasteiger partial charge in [-0.1, -0.05) is 0 Å². The van der Waals surface area contributed by atoms with Gasteiger partial charge in [0, 0.05) is 6.20 Å². The predicted octanol–water partition coefficient (Wildman–Crippen LogP) is 0.977. The Morgan fingerprint density at radius 1 is 1.31 bits per heavy atom. The summed E-state index contributed by atoms with van der Waals surface area (Å²) in [6.07, 6.45) is 4.24. The zero-order valence-corrected chi connectivity index (χ0v) is 8.88. The zero-order valence-electron chi connectivity index (χ0n) is 8.88. The third-order valence-electron chi connectivity index (χ3n) is 2.24. The van der Waals surface area contributed by atoms with Crippen LogP contribution < -0.4 is 0 Å². The smallest absolute Gasteiger partial charge is 0.338 e. The molecule has 0 unspecified atom stereocenters. The Hall–Kier alpha value is -2.24. The van der Waals surface area contributed by atoms with Gasteiger partial charge in [-0.15, -0.1) is 0 Å². The van der Waals surface area contributed by atoms with E-state index in [0.29, 0.717) is 5.82 Å². The predicted molar refractivity (Wildman–Crippen MR) is 55.6 cm³/mol. The van der Waals surface area contributed by atoms with Crippen LogP contribution in [0.3, 0.4) is 0 Å². The molecule has 2 heterocycles. The molecule has 6 heteroatoms. The van der Waals surface area contributed by atoms with Crippen LogP contribution in [0.5, 0.6) is 0 Å². The van der Waals surface area contributed by atoms with Gasteiger partial charge in [0.1, 0.15) is 0 Å². The highest BCUT2D eigenvalue weighted by Gasteiger charge is 2.08. The quantitative estimate of drug-likeness (QED) is 0.812. The van der Waals surface area contributed by atoms with E-state index < -0.39 is 5.97 Å². The Kier molecular flexibility index (Phi) is 2.40. The molecule has 0 radical (unpaired) electrons. The van der Waals surface area contributed by atoms with Gasteiger partial charge in [0.2, 0.25) is 0 Å². The highest BCUT2D eigenvalue weighted by atomic mass is 16.4. The lowest BCUT2D eigenvalue weighted by Gasteiger charge is -2.02. The number of carboxylic acid groups (broad SMARTS) is 1. The molecular weight excluding hydrogens is 208 g/mol. The molecule has 0 saturated carbocycles. The molecule has 0 spiro atoms. The summed E-state index contributed by atoms with van der Waals surface area (Å²) in [4.78, 5) is 19.1. The monoisotopic (exact) mass is 218 g/mol. The Morgan fingerprint density at radius 2 is 2.06 bits per heavy atom. The summed E-state index contributed by atoms with van der Waals surface area (Å²) in [7, 11) is 0. The summed E-state index contributed by atoms with van der Waals surface area (Å²) >= 11 is 0. The highest BCUT2D eigenvalue weighted by Crippen LogP contribution is 2.07. The molecule has 2 rings (SSSR count). The third-order valence-corrected chi connectivity index (χ3v) is 2.24. The first-order valence-corrected chi connectivity index (χ1v) is 4.66. The number of aromatic carboxylic acids is 1. The number of rotatable bonds is 2. The van der Waals surface area contributed by atoms with E-state index in [1.807, 2.05) is 13.8 Å². The van der Waals surface area contributed by atoms with Crippen molar-refractivity contribution in [2.24, 2.45) is 0 Å². The molecule has 16 heavy (non-hydrogen) atoms. The minimum absolute atomic E-state index is 0.125. The fourth-order valence-electron chi connectivity index (χ4n) is 1.20. The van der Waals surface area contributed by atoms with Crippen molar-refractivity contribution in [3.63, 3.8) is 0 Å². The van der Waals surface area contributed by atoms with Crippen molar-refractivity contribution >= 4 is 5.97 Å². The van der Waals surface area contributed by atoms with E-state index in [-0.39, 0.29) is 5.56 Å². The first-order chi connectivity index (χ1) is 7.58. The van der Waals surface area contributed by atoms with Gasteiger partial charge in [-0.05, 0) is 13.8 Å². The van der Waals surface area contributed by atoms with E-state index in [4.69, 9.17) is 5.11 Å². The number of carbonyl (C=O) groups is 1. The van der Waals surface area contributed by atoms with Gasteiger partial charge in [0.25, 0.3) is 0 Å². The maximum absolute atomic E-state index is 10.7. The topological polar surface area (TPSA) is 80.9 Å². The van der Waals surface area contributed by atoms with Crippen molar-refractivity contribution in [1.29, 1.82) is 0 Å². The van der Waals surface area contributed by atoms with Crippen LogP contribution in [0, 0.1) is 13.8 Å². The molecule has 0 atom stereocenters. The SMILES string of the molecule is Cc1ncc(-n2cc(C(=O)O)cn2)nc1C. The van der Waals surface area contributed by atoms with E-state index >= 15 is 0 Å². The van der Waals surface area contributed by atoms with Crippen LogP contribution in [0.15, 0.2) is 18.6 Å². The molecule has 0 amide bonds. The van der Waals surface area contributed by atoms with Crippen LogP contribution in [0.4, 0.5) is 0 Å². The molecule has 2 aromatic heterocycles. The average molecular weight is 218 g/mol. The third kappa shape index (κ3) is 1.77. The summed E-state index contributed by atoms with van der Waals surface area (Å²) in [5.41, 5.74) is 1.76.